The quantitative estimate of drug-likeness (QED) is 0.470. The molecule has 4 N–H and O–H groups in total. The number of nitrogens with one attached hydrogen (secondary N) is 1. The molecule has 27 heavy (non-hydrogen) atoms. The number of carboxylic acids is 1. The normalized spacial score (nSPS) is 10.8. The molecule has 0 saturated carbocycles. The molecular weight excluding hydrogens is 365 g/mol. The van der Waals surface area contributed by atoms with Crippen LogP contribution in [0.1, 0.15) is 5.56 Å². The van der Waals surface area contributed by atoms with Gasteiger partial charge in [0, 0.05) is 5.56 Å². The number of hydrogen-bond acceptors (Lipinski definition) is 4. The minimum Gasteiger partial charge on any atom is -0.496 e. The molecule has 1 aromatic heterocycles. The molecule has 0 aliphatic carbocycles. The van der Waals surface area contributed by atoms with Crippen LogP contribution in [0.5, 0.6) is 5.75 Å². The van der Waals surface area contributed by atoms with Crippen molar-refractivity contribution in [3.05, 3.63) is 54.3 Å². The molecule has 3 aromatic rings. The van der Waals surface area contributed by atoms with E-state index in [0.717, 1.165) is 27.8 Å². The van der Waals surface area contributed by atoms with Crippen molar-refractivity contribution in [1.82, 2.24) is 0 Å². The number of carbonyl (C=O) groups is 1. The lowest BCUT2D eigenvalue weighted by molar-refractivity contribution is -0.192. The van der Waals surface area contributed by atoms with Gasteiger partial charge in [0.1, 0.15) is 17.3 Å². The summed E-state index contributed by atoms with van der Waals surface area (Å²) in [6.07, 6.45) is -3.46. The number of rotatable bonds is 3. The summed E-state index contributed by atoms with van der Waals surface area (Å²) >= 11 is 0. The SMILES string of the molecule is COc1ccc2ccc(C(=N)N)cc2c1-c1ccco1.O=C(O)C(F)(F)F. The van der Waals surface area contributed by atoms with Gasteiger partial charge in [-0.25, -0.2) is 4.79 Å². The first-order chi connectivity index (χ1) is 12.6. The molecule has 0 amide bonds. The van der Waals surface area contributed by atoms with E-state index in [1.807, 2.05) is 42.5 Å². The highest BCUT2D eigenvalue weighted by atomic mass is 19.4. The number of hydrogen-bond donors (Lipinski definition) is 3. The summed E-state index contributed by atoms with van der Waals surface area (Å²) < 4.78 is 42.7. The maximum absolute atomic E-state index is 10.6. The molecule has 0 aliphatic heterocycles. The third-order valence-corrected chi connectivity index (χ3v) is 3.52. The second kappa shape index (κ2) is 7.81. The van der Waals surface area contributed by atoms with Gasteiger partial charge in [-0.05, 0) is 35.0 Å². The summed E-state index contributed by atoms with van der Waals surface area (Å²) in [6, 6.07) is 13.3. The van der Waals surface area contributed by atoms with E-state index in [1.165, 1.54) is 0 Å². The molecule has 0 aliphatic rings. The number of alkyl halides is 3. The van der Waals surface area contributed by atoms with Crippen LogP contribution in [0.4, 0.5) is 13.2 Å². The highest BCUT2D eigenvalue weighted by Crippen LogP contribution is 2.37. The lowest BCUT2D eigenvalue weighted by atomic mass is 9.99. The molecule has 0 saturated heterocycles. The van der Waals surface area contributed by atoms with Gasteiger partial charge in [0.2, 0.25) is 0 Å². The zero-order valence-electron chi connectivity index (χ0n) is 14.0. The van der Waals surface area contributed by atoms with Crippen molar-refractivity contribution < 1.29 is 32.2 Å². The van der Waals surface area contributed by atoms with Crippen LogP contribution in [-0.4, -0.2) is 30.2 Å². The van der Waals surface area contributed by atoms with E-state index >= 15 is 0 Å². The van der Waals surface area contributed by atoms with Gasteiger partial charge in [0.05, 0.1) is 18.9 Å². The lowest BCUT2D eigenvalue weighted by Gasteiger charge is -2.11. The molecule has 0 bridgehead atoms. The number of benzene rings is 2. The van der Waals surface area contributed by atoms with E-state index in [9.17, 15) is 13.2 Å². The van der Waals surface area contributed by atoms with Gasteiger partial charge in [-0.3, -0.25) is 5.41 Å². The van der Waals surface area contributed by atoms with Crippen LogP contribution in [0.3, 0.4) is 0 Å². The number of amidine groups is 1. The average Bonchev–Trinajstić information content (AvgIpc) is 3.13. The molecule has 0 spiro atoms. The van der Waals surface area contributed by atoms with Crippen molar-refractivity contribution in [2.45, 2.75) is 6.18 Å². The summed E-state index contributed by atoms with van der Waals surface area (Å²) in [5.74, 6) is -1.26. The van der Waals surface area contributed by atoms with Crippen LogP contribution in [0, 0.1) is 5.41 Å². The molecule has 2 aromatic carbocycles. The number of carboxylic acid groups (broad SMARTS) is 1. The van der Waals surface area contributed by atoms with Gasteiger partial charge in [-0.1, -0.05) is 18.2 Å². The first kappa shape index (κ1) is 19.8. The molecule has 6 nitrogen and oxygen atoms in total. The van der Waals surface area contributed by atoms with Gasteiger partial charge in [-0.2, -0.15) is 13.2 Å². The number of nitrogen functional groups attached to an aromatic ring is 1. The summed E-state index contributed by atoms with van der Waals surface area (Å²) in [4.78, 5) is 8.90. The van der Waals surface area contributed by atoms with Crippen molar-refractivity contribution in [1.29, 1.82) is 5.41 Å². The second-order valence-corrected chi connectivity index (χ2v) is 5.27. The second-order valence-electron chi connectivity index (χ2n) is 5.27. The fourth-order valence-corrected chi connectivity index (χ4v) is 2.31. The Bertz CT molecular complexity index is 967. The molecule has 3 rings (SSSR count). The summed E-state index contributed by atoms with van der Waals surface area (Å²) in [5.41, 5.74) is 7.13. The Kier molecular flexibility index (Phi) is 5.74. The third-order valence-electron chi connectivity index (χ3n) is 3.52. The molecule has 0 radical (unpaired) electrons. The van der Waals surface area contributed by atoms with Gasteiger partial charge in [0.25, 0.3) is 0 Å². The van der Waals surface area contributed by atoms with E-state index in [2.05, 4.69) is 0 Å². The Hall–Kier alpha value is -3.49. The van der Waals surface area contributed by atoms with Crippen LogP contribution < -0.4 is 10.5 Å². The highest BCUT2D eigenvalue weighted by Gasteiger charge is 2.38. The number of halogens is 3. The van der Waals surface area contributed by atoms with Crippen LogP contribution in [0.25, 0.3) is 22.1 Å². The maximum atomic E-state index is 10.6. The van der Waals surface area contributed by atoms with Crippen molar-refractivity contribution in [2.24, 2.45) is 5.73 Å². The minimum absolute atomic E-state index is 0.0418. The van der Waals surface area contributed by atoms with Crippen LogP contribution in [0.15, 0.2) is 53.1 Å². The molecule has 0 atom stereocenters. The van der Waals surface area contributed by atoms with Crippen molar-refractivity contribution in [2.75, 3.05) is 7.11 Å². The molecule has 1 heterocycles. The molecule has 9 heteroatoms. The Morgan fingerprint density at radius 1 is 1.22 bits per heavy atom. The summed E-state index contributed by atoms with van der Waals surface area (Å²) in [6.45, 7) is 0. The number of aliphatic carboxylic acids is 1. The smallest absolute Gasteiger partial charge is 0.490 e. The third kappa shape index (κ3) is 4.57. The van der Waals surface area contributed by atoms with Gasteiger partial charge >= 0.3 is 12.1 Å². The molecule has 142 valence electrons. The fraction of sp³-hybridized carbons (Fsp3) is 0.111. The topological polar surface area (TPSA) is 110 Å². The Labute approximate surface area is 151 Å². The van der Waals surface area contributed by atoms with Crippen molar-refractivity contribution in [3.63, 3.8) is 0 Å². The molecule has 0 fully saturated rings. The first-order valence-corrected chi connectivity index (χ1v) is 7.44. The van der Waals surface area contributed by atoms with Crippen molar-refractivity contribution >= 4 is 22.6 Å². The minimum atomic E-state index is -5.08. The Balaban J connectivity index is 0.000000321. The van der Waals surface area contributed by atoms with Crippen LogP contribution in [-0.2, 0) is 4.79 Å². The summed E-state index contributed by atoms with van der Waals surface area (Å²) in [5, 5.41) is 16.7. The largest absolute Gasteiger partial charge is 0.496 e. The number of nitrogens with two attached hydrogens (primary N) is 1. The average molecular weight is 380 g/mol. The van der Waals surface area contributed by atoms with Gasteiger partial charge < -0.3 is 20.0 Å². The Morgan fingerprint density at radius 3 is 2.33 bits per heavy atom. The monoisotopic (exact) mass is 380 g/mol. The van der Waals surface area contributed by atoms with E-state index in [1.54, 1.807) is 13.4 Å². The van der Waals surface area contributed by atoms with E-state index in [0.29, 0.717) is 5.56 Å². The van der Waals surface area contributed by atoms with Gasteiger partial charge in [0.15, 0.2) is 0 Å². The number of furan rings is 1. The van der Waals surface area contributed by atoms with E-state index in [4.69, 9.17) is 30.2 Å². The highest BCUT2D eigenvalue weighted by molar-refractivity contribution is 6.04. The number of methoxy groups -OCH3 is 1. The molecule has 0 unspecified atom stereocenters. The molecular formula is C18H15F3N2O4. The zero-order valence-corrected chi connectivity index (χ0v) is 14.0. The predicted molar refractivity (Wildman–Crippen MR) is 92.9 cm³/mol. The van der Waals surface area contributed by atoms with Crippen LogP contribution in [0.2, 0.25) is 0 Å². The van der Waals surface area contributed by atoms with Crippen molar-refractivity contribution in [3.8, 4) is 17.1 Å². The van der Waals surface area contributed by atoms with Crippen LogP contribution >= 0.6 is 0 Å². The number of ether oxygens (including phenoxy) is 1. The fourth-order valence-electron chi connectivity index (χ4n) is 2.31. The first-order valence-electron chi connectivity index (χ1n) is 7.44. The standard InChI is InChI=1S/C16H14N2O2.C2HF3O2/c1-19-13-7-6-10-4-5-11(16(17)18)9-12(10)15(13)14-3-2-8-20-14;3-2(4,5)1(6)7/h2-9H,1H3,(H3,17,18);(H,6,7). The number of fused-ring (bicyclic) bond motifs is 1. The maximum Gasteiger partial charge on any atom is 0.490 e. The lowest BCUT2D eigenvalue weighted by Crippen LogP contribution is -2.21. The predicted octanol–water partition coefficient (Wildman–Crippen LogP) is 4.03. The zero-order chi connectivity index (χ0) is 20.2. The van der Waals surface area contributed by atoms with Gasteiger partial charge in [-0.15, -0.1) is 0 Å². The Morgan fingerprint density at radius 2 is 1.85 bits per heavy atom. The summed E-state index contributed by atoms with van der Waals surface area (Å²) in [7, 11) is 1.63. The van der Waals surface area contributed by atoms with E-state index in [-0.39, 0.29) is 5.84 Å². The van der Waals surface area contributed by atoms with E-state index < -0.39 is 12.1 Å².